The van der Waals surface area contributed by atoms with Gasteiger partial charge in [0.05, 0.1) is 11.0 Å². The summed E-state index contributed by atoms with van der Waals surface area (Å²) in [6, 6.07) is 2.96. The van der Waals surface area contributed by atoms with E-state index < -0.39 is 12.1 Å². The van der Waals surface area contributed by atoms with Crippen molar-refractivity contribution < 1.29 is 14.7 Å². The van der Waals surface area contributed by atoms with Crippen LogP contribution in [0.3, 0.4) is 0 Å². The van der Waals surface area contributed by atoms with Gasteiger partial charge in [-0.2, -0.15) is 0 Å². The molecule has 22 heavy (non-hydrogen) atoms. The highest BCUT2D eigenvalue weighted by atomic mass is 32.1. The molecule has 0 aliphatic rings. The lowest BCUT2D eigenvalue weighted by Gasteiger charge is -2.22. The maximum atomic E-state index is 12.2. The second-order valence-corrected chi connectivity index (χ2v) is 7.01. The summed E-state index contributed by atoms with van der Waals surface area (Å²) in [5.74, 6) is -0.294. The van der Waals surface area contributed by atoms with Gasteiger partial charge in [-0.15, -0.1) is 11.3 Å². The predicted octanol–water partition coefficient (Wildman–Crippen LogP) is 2.03. The molecular formula is C16H26N2O3S. The van der Waals surface area contributed by atoms with Gasteiger partial charge in [-0.05, 0) is 29.7 Å². The van der Waals surface area contributed by atoms with Gasteiger partial charge in [0.2, 0.25) is 5.91 Å². The van der Waals surface area contributed by atoms with Gasteiger partial charge in [-0.1, -0.05) is 33.8 Å². The Morgan fingerprint density at radius 2 is 1.91 bits per heavy atom. The van der Waals surface area contributed by atoms with E-state index in [1.54, 1.807) is 12.1 Å². The van der Waals surface area contributed by atoms with E-state index in [4.69, 9.17) is 0 Å². The fraction of sp³-hybridized carbons (Fsp3) is 0.625. The molecule has 5 nitrogen and oxygen atoms in total. The number of amides is 2. The summed E-state index contributed by atoms with van der Waals surface area (Å²) >= 11 is 1.34. The summed E-state index contributed by atoms with van der Waals surface area (Å²) < 4.78 is 0. The van der Waals surface area contributed by atoms with Crippen molar-refractivity contribution in [3.05, 3.63) is 22.4 Å². The fourth-order valence-corrected chi connectivity index (χ4v) is 2.57. The Kier molecular flexibility index (Phi) is 7.55. The Bertz CT molecular complexity index is 472. The van der Waals surface area contributed by atoms with Crippen LogP contribution < -0.4 is 10.6 Å². The molecule has 1 rings (SSSR count). The first-order chi connectivity index (χ1) is 10.3. The molecule has 2 unspecified atom stereocenters. The summed E-state index contributed by atoms with van der Waals surface area (Å²) in [4.78, 5) is 24.9. The summed E-state index contributed by atoms with van der Waals surface area (Å²) in [7, 11) is 0. The molecule has 1 aromatic rings. The first kappa shape index (κ1) is 18.6. The average molecular weight is 326 g/mol. The predicted molar refractivity (Wildman–Crippen MR) is 88.9 cm³/mol. The van der Waals surface area contributed by atoms with Crippen LogP contribution in [0.15, 0.2) is 17.5 Å². The molecular weight excluding hydrogens is 300 g/mol. The Labute approximate surface area is 136 Å². The monoisotopic (exact) mass is 326 g/mol. The third kappa shape index (κ3) is 5.77. The molecule has 0 saturated carbocycles. The topological polar surface area (TPSA) is 78.4 Å². The largest absolute Gasteiger partial charge is 0.393 e. The Balaban J connectivity index is 2.52. The van der Waals surface area contributed by atoms with Crippen molar-refractivity contribution in [1.29, 1.82) is 0 Å². The van der Waals surface area contributed by atoms with Crippen LogP contribution in [-0.4, -0.2) is 35.6 Å². The number of rotatable bonds is 8. The van der Waals surface area contributed by atoms with Crippen molar-refractivity contribution in [3.63, 3.8) is 0 Å². The second kappa shape index (κ2) is 8.90. The standard InChI is InChI=1S/C16H26N2O3S/c1-10(2)12(19)7-8-17-16(21)14(11(3)4)18-15(20)13-6-5-9-22-13/h5-6,9-12,14,19H,7-8H2,1-4H3,(H,17,21)(H,18,20). The number of hydrogen-bond acceptors (Lipinski definition) is 4. The van der Waals surface area contributed by atoms with Gasteiger partial charge in [0.1, 0.15) is 6.04 Å². The molecule has 1 heterocycles. The Morgan fingerprint density at radius 3 is 2.41 bits per heavy atom. The lowest BCUT2D eigenvalue weighted by Crippen LogP contribution is -2.50. The van der Waals surface area contributed by atoms with Crippen LogP contribution in [0.25, 0.3) is 0 Å². The van der Waals surface area contributed by atoms with Gasteiger partial charge >= 0.3 is 0 Å². The first-order valence-corrected chi connectivity index (χ1v) is 8.51. The van der Waals surface area contributed by atoms with Crippen LogP contribution in [0.4, 0.5) is 0 Å². The van der Waals surface area contributed by atoms with Gasteiger partial charge in [0, 0.05) is 6.54 Å². The lowest BCUT2D eigenvalue weighted by molar-refractivity contribution is -0.124. The molecule has 0 spiro atoms. The molecule has 124 valence electrons. The van der Waals surface area contributed by atoms with Crippen LogP contribution in [0, 0.1) is 11.8 Å². The van der Waals surface area contributed by atoms with Gasteiger partial charge in [0.15, 0.2) is 0 Å². The molecule has 0 radical (unpaired) electrons. The van der Waals surface area contributed by atoms with E-state index in [2.05, 4.69) is 10.6 Å². The fourth-order valence-electron chi connectivity index (χ4n) is 1.94. The first-order valence-electron chi connectivity index (χ1n) is 7.63. The van der Waals surface area contributed by atoms with E-state index in [0.29, 0.717) is 17.8 Å². The van der Waals surface area contributed by atoms with Crippen LogP contribution in [0.2, 0.25) is 0 Å². The van der Waals surface area contributed by atoms with Crippen molar-refractivity contribution in [1.82, 2.24) is 10.6 Å². The molecule has 0 bridgehead atoms. The minimum Gasteiger partial charge on any atom is -0.393 e. The molecule has 6 heteroatoms. The van der Waals surface area contributed by atoms with E-state index in [1.165, 1.54) is 11.3 Å². The minimum atomic E-state index is -0.578. The normalized spacial score (nSPS) is 14.0. The number of hydrogen-bond donors (Lipinski definition) is 3. The zero-order valence-electron chi connectivity index (χ0n) is 13.6. The quantitative estimate of drug-likeness (QED) is 0.684. The minimum absolute atomic E-state index is 0.0149. The molecule has 0 fully saturated rings. The molecule has 0 aliphatic heterocycles. The van der Waals surface area contributed by atoms with Crippen molar-refractivity contribution in [3.8, 4) is 0 Å². The van der Waals surface area contributed by atoms with E-state index in [0.717, 1.165) is 0 Å². The summed E-state index contributed by atoms with van der Waals surface area (Å²) in [6.07, 6.45) is 0.0751. The van der Waals surface area contributed by atoms with E-state index in [9.17, 15) is 14.7 Å². The zero-order chi connectivity index (χ0) is 16.7. The number of nitrogens with one attached hydrogen (secondary N) is 2. The van der Waals surface area contributed by atoms with Crippen LogP contribution in [0.1, 0.15) is 43.8 Å². The third-order valence-electron chi connectivity index (χ3n) is 3.49. The summed E-state index contributed by atoms with van der Waals surface area (Å²) in [6.45, 7) is 8.05. The summed E-state index contributed by atoms with van der Waals surface area (Å²) in [5.41, 5.74) is 0. The number of carbonyl (C=O) groups excluding carboxylic acids is 2. The molecule has 0 saturated heterocycles. The van der Waals surface area contributed by atoms with E-state index in [-0.39, 0.29) is 23.7 Å². The highest BCUT2D eigenvalue weighted by Crippen LogP contribution is 2.10. The van der Waals surface area contributed by atoms with Crippen molar-refractivity contribution in [2.75, 3.05) is 6.54 Å². The highest BCUT2D eigenvalue weighted by molar-refractivity contribution is 7.12. The van der Waals surface area contributed by atoms with E-state index >= 15 is 0 Å². The maximum Gasteiger partial charge on any atom is 0.262 e. The van der Waals surface area contributed by atoms with Crippen LogP contribution in [-0.2, 0) is 4.79 Å². The van der Waals surface area contributed by atoms with Crippen LogP contribution in [0.5, 0.6) is 0 Å². The third-order valence-corrected chi connectivity index (χ3v) is 4.36. The Morgan fingerprint density at radius 1 is 1.23 bits per heavy atom. The van der Waals surface area contributed by atoms with Crippen molar-refractivity contribution in [2.45, 2.75) is 46.3 Å². The van der Waals surface area contributed by atoms with Crippen molar-refractivity contribution in [2.24, 2.45) is 11.8 Å². The molecule has 0 aromatic carbocycles. The second-order valence-electron chi connectivity index (χ2n) is 6.06. The lowest BCUT2D eigenvalue weighted by atomic mass is 10.0. The maximum absolute atomic E-state index is 12.2. The zero-order valence-corrected chi connectivity index (χ0v) is 14.4. The Hall–Kier alpha value is -1.40. The molecule has 1 aromatic heterocycles. The summed E-state index contributed by atoms with van der Waals surface area (Å²) in [5, 5.41) is 17.1. The molecule has 2 atom stereocenters. The SMILES string of the molecule is CC(C)C(O)CCNC(=O)C(NC(=O)c1cccs1)C(C)C. The molecule has 2 amide bonds. The number of aliphatic hydroxyl groups is 1. The van der Waals surface area contributed by atoms with Gasteiger partial charge in [0.25, 0.3) is 5.91 Å². The highest BCUT2D eigenvalue weighted by Gasteiger charge is 2.24. The number of aliphatic hydroxyl groups excluding tert-OH is 1. The number of carbonyl (C=O) groups is 2. The van der Waals surface area contributed by atoms with Gasteiger partial charge in [-0.3, -0.25) is 9.59 Å². The van der Waals surface area contributed by atoms with Crippen molar-refractivity contribution >= 4 is 23.2 Å². The van der Waals surface area contributed by atoms with Gasteiger partial charge < -0.3 is 15.7 Å². The molecule has 0 aliphatic carbocycles. The number of thiophene rings is 1. The van der Waals surface area contributed by atoms with Crippen LogP contribution >= 0.6 is 11.3 Å². The average Bonchev–Trinajstić information content (AvgIpc) is 2.97. The van der Waals surface area contributed by atoms with Gasteiger partial charge in [-0.25, -0.2) is 0 Å². The molecule has 3 N–H and O–H groups in total. The smallest absolute Gasteiger partial charge is 0.262 e. The van der Waals surface area contributed by atoms with E-state index in [1.807, 2.05) is 33.1 Å².